The lowest BCUT2D eigenvalue weighted by Crippen LogP contribution is -2.55. The SMILES string of the molecule is CC(C)CC(C)(O)C(C)(C)N. The quantitative estimate of drug-likeness (QED) is 0.656. The maximum absolute atomic E-state index is 9.90. The topological polar surface area (TPSA) is 46.2 Å². The number of hydrogen-bond acceptors (Lipinski definition) is 2. The average molecular weight is 159 g/mol. The van der Waals surface area contributed by atoms with Gasteiger partial charge in [-0.3, -0.25) is 0 Å². The molecule has 3 N–H and O–H groups in total. The molecule has 0 saturated carbocycles. The average Bonchev–Trinajstić information content (AvgIpc) is 1.56. The van der Waals surface area contributed by atoms with Crippen molar-refractivity contribution in [1.29, 1.82) is 0 Å². The van der Waals surface area contributed by atoms with E-state index < -0.39 is 11.1 Å². The van der Waals surface area contributed by atoms with E-state index in [2.05, 4.69) is 13.8 Å². The van der Waals surface area contributed by atoms with Gasteiger partial charge in [0.15, 0.2) is 0 Å². The number of hydrogen-bond donors (Lipinski definition) is 2. The minimum Gasteiger partial charge on any atom is -0.388 e. The van der Waals surface area contributed by atoms with Crippen LogP contribution in [0.2, 0.25) is 0 Å². The van der Waals surface area contributed by atoms with Gasteiger partial charge < -0.3 is 10.8 Å². The third kappa shape index (κ3) is 3.21. The molecule has 1 unspecified atom stereocenters. The molecule has 0 radical (unpaired) electrons. The van der Waals surface area contributed by atoms with Crippen LogP contribution in [-0.2, 0) is 0 Å². The van der Waals surface area contributed by atoms with E-state index in [9.17, 15) is 5.11 Å². The molecular weight excluding hydrogens is 138 g/mol. The molecule has 0 amide bonds. The Hall–Kier alpha value is -0.0800. The molecule has 0 aromatic carbocycles. The van der Waals surface area contributed by atoms with Crippen LogP contribution in [0.15, 0.2) is 0 Å². The van der Waals surface area contributed by atoms with Crippen LogP contribution in [0, 0.1) is 5.92 Å². The van der Waals surface area contributed by atoms with Crippen molar-refractivity contribution in [3.8, 4) is 0 Å². The van der Waals surface area contributed by atoms with Crippen LogP contribution in [0.4, 0.5) is 0 Å². The highest BCUT2D eigenvalue weighted by Gasteiger charge is 2.35. The Kier molecular flexibility index (Phi) is 3.09. The predicted octanol–water partition coefficient (Wildman–Crippen LogP) is 1.52. The molecule has 0 aromatic rings. The Morgan fingerprint density at radius 2 is 1.64 bits per heavy atom. The van der Waals surface area contributed by atoms with Crippen molar-refractivity contribution in [2.75, 3.05) is 0 Å². The minimum absolute atomic E-state index is 0.479. The summed E-state index contributed by atoms with van der Waals surface area (Å²) in [6.45, 7) is 9.68. The van der Waals surface area contributed by atoms with Crippen LogP contribution in [0.1, 0.15) is 41.0 Å². The second-order valence-electron chi connectivity index (χ2n) is 4.59. The van der Waals surface area contributed by atoms with Gasteiger partial charge in [0.2, 0.25) is 0 Å². The van der Waals surface area contributed by atoms with Gasteiger partial charge in [0.05, 0.1) is 5.60 Å². The van der Waals surface area contributed by atoms with Crippen molar-refractivity contribution in [1.82, 2.24) is 0 Å². The molecule has 0 spiro atoms. The van der Waals surface area contributed by atoms with Gasteiger partial charge in [0.25, 0.3) is 0 Å². The third-order valence-electron chi connectivity index (χ3n) is 2.19. The van der Waals surface area contributed by atoms with E-state index in [4.69, 9.17) is 5.73 Å². The zero-order valence-electron chi connectivity index (χ0n) is 8.31. The fraction of sp³-hybridized carbons (Fsp3) is 1.00. The Morgan fingerprint density at radius 3 is 1.73 bits per heavy atom. The van der Waals surface area contributed by atoms with E-state index in [-0.39, 0.29) is 0 Å². The smallest absolute Gasteiger partial charge is 0.0795 e. The van der Waals surface area contributed by atoms with Crippen LogP contribution in [0.3, 0.4) is 0 Å². The molecule has 0 fully saturated rings. The molecule has 2 nitrogen and oxygen atoms in total. The van der Waals surface area contributed by atoms with Crippen LogP contribution in [0.25, 0.3) is 0 Å². The summed E-state index contributed by atoms with van der Waals surface area (Å²) in [5, 5.41) is 9.90. The zero-order chi connectivity index (χ0) is 9.28. The first kappa shape index (κ1) is 10.9. The second-order valence-corrected chi connectivity index (χ2v) is 4.59. The fourth-order valence-corrected chi connectivity index (χ4v) is 1.06. The molecule has 0 aromatic heterocycles. The van der Waals surface area contributed by atoms with E-state index in [1.165, 1.54) is 0 Å². The Labute approximate surface area is 69.8 Å². The molecule has 0 aliphatic heterocycles. The summed E-state index contributed by atoms with van der Waals surface area (Å²) in [4.78, 5) is 0. The van der Waals surface area contributed by atoms with Gasteiger partial charge >= 0.3 is 0 Å². The maximum atomic E-state index is 9.90. The van der Waals surface area contributed by atoms with E-state index in [1.54, 1.807) is 6.92 Å². The molecule has 0 heterocycles. The van der Waals surface area contributed by atoms with Crippen LogP contribution in [0.5, 0.6) is 0 Å². The van der Waals surface area contributed by atoms with Gasteiger partial charge in [0.1, 0.15) is 0 Å². The van der Waals surface area contributed by atoms with Gasteiger partial charge in [0, 0.05) is 5.54 Å². The Bertz CT molecular complexity index is 122. The summed E-state index contributed by atoms with van der Waals surface area (Å²) in [6.07, 6.45) is 0.747. The van der Waals surface area contributed by atoms with E-state index in [0.29, 0.717) is 5.92 Å². The first-order valence-corrected chi connectivity index (χ1v) is 4.18. The fourth-order valence-electron chi connectivity index (χ4n) is 1.06. The Balaban J connectivity index is 4.22. The normalized spacial score (nSPS) is 18.5. The van der Waals surface area contributed by atoms with Crippen molar-refractivity contribution < 1.29 is 5.11 Å². The third-order valence-corrected chi connectivity index (χ3v) is 2.19. The predicted molar refractivity (Wildman–Crippen MR) is 48.3 cm³/mol. The van der Waals surface area contributed by atoms with Crippen LogP contribution >= 0.6 is 0 Å². The van der Waals surface area contributed by atoms with Crippen LogP contribution < -0.4 is 5.73 Å². The summed E-state index contributed by atoms with van der Waals surface area (Å²) in [6, 6.07) is 0. The number of aliphatic hydroxyl groups is 1. The van der Waals surface area contributed by atoms with Gasteiger partial charge in [-0.1, -0.05) is 13.8 Å². The number of rotatable bonds is 3. The molecule has 11 heavy (non-hydrogen) atoms. The highest BCUT2D eigenvalue weighted by Crippen LogP contribution is 2.25. The van der Waals surface area contributed by atoms with Crippen molar-refractivity contribution in [3.63, 3.8) is 0 Å². The molecule has 2 heteroatoms. The lowest BCUT2D eigenvalue weighted by Gasteiger charge is -2.38. The molecular formula is C9H21NO. The molecule has 1 atom stereocenters. The zero-order valence-corrected chi connectivity index (χ0v) is 8.31. The monoisotopic (exact) mass is 159 g/mol. The molecule has 68 valence electrons. The summed E-state index contributed by atoms with van der Waals surface area (Å²) in [5.74, 6) is 0.479. The first-order chi connectivity index (χ1) is 4.67. The van der Waals surface area contributed by atoms with Gasteiger partial charge in [-0.15, -0.1) is 0 Å². The lowest BCUT2D eigenvalue weighted by molar-refractivity contribution is -0.0213. The van der Waals surface area contributed by atoms with Gasteiger partial charge in [-0.05, 0) is 33.1 Å². The van der Waals surface area contributed by atoms with E-state index in [0.717, 1.165) is 6.42 Å². The van der Waals surface area contributed by atoms with E-state index >= 15 is 0 Å². The molecule has 0 aliphatic carbocycles. The highest BCUT2D eigenvalue weighted by molar-refractivity contribution is 4.94. The highest BCUT2D eigenvalue weighted by atomic mass is 16.3. The molecule has 0 aliphatic rings. The van der Waals surface area contributed by atoms with Crippen molar-refractivity contribution in [2.45, 2.75) is 52.2 Å². The first-order valence-electron chi connectivity index (χ1n) is 4.18. The van der Waals surface area contributed by atoms with E-state index in [1.807, 2.05) is 13.8 Å². The van der Waals surface area contributed by atoms with Crippen LogP contribution in [-0.4, -0.2) is 16.2 Å². The van der Waals surface area contributed by atoms with Gasteiger partial charge in [-0.2, -0.15) is 0 Å². The lowest BCUT2D eigenvalue weighted by atomic mass is 9.79. The maximum Gasteiger partial charge on any atom is 0.0795 e. The summed E-state index contributed by atoms with van der Waals surface area (Å²) < 4.78 is 0. The minimum atomic E-state index is -0.763. The van der Waals surface area contributed by atoms with Crippen molar-refractivity contribution in [3.05, 3.63) is 0 Å². The standard InChI is InChI=1S/C9H21NO/c1-7(2)6-9(5,11)8(3,4)10/h7,11H,6,10H2,1-5H3. The summed E-state index contributed by atoms with van der Waals surface area (Å²) >= 11 is 0. The molecule has 0 saturated heterocycles. The van der Waals surface area contributed by atoms with Crippen molar-refractivity contribution in [2.24, 2.45) is 11.7 Å². The molecule has 0 rings (SSSR count). The van der Waals surface area contributed by atoms with Gasteiger partial charge in [-0.25, -0.2) is 0 Å². The molecule has 0 bridgehead atoms. The summed E-state index contributed by atoms with van der Waals surface area (Å²) in [5.41, 5.74) is 4.53. The second kappa shape index (κ2) is 3.11. The Morgan fingerprint density at radius 1 is 1.27 bits per heavy atom. The van der Waals surface area contributed by atoms with Crippen molar-refractivity contribution >= 4 is 0 Å². The number of nitrogens with two attached hydrogens (primary N) is 1. The summed E-state index contributed by atoms with van der Waals surface area (Å²) in [7, 11) is 0. The largest absolute Gasteiger partial charge is 0.388 e.